The molecule has 0 heterocycles. The van der Waals surface area contributed by atoms with Gasteiger partial charge in [0.1, 0.15) is 0 Å². The predicted octanol–water partition coefficient (Wildman–Crippen LogP) is 1.01. The summed E-state index contributed by atoms with van der Waals surface area (Å²) in [5.74, 6) is 0. The van der Waals surface area contributed by atoms with Gasteiger partial charge in [0.15, 0.2) is 0 Å². The van der Waals surface area contributed by atoms with Crippen molar-refractivity contribution in [1.29, 1.82) is 0 Å². The molecule has 27 valence electrons. The fourth-order valence-corrected chi connectivity index (χ4v) is 0. The molecule has 0 saturated carbocycles. The van der Waals surface area contributed by atoms with Gasteiger partial charge in [-0.25, -0.2) is 0 Å². The van der Waals surface area contributed by atoms with Gasteiger partial charge in [0.25, 0.3) is 0 Å². The standard InChI is InChI=1S/Al.BI2S/c;2-1-4-3/q-2;+1/i;3-2. The first-order chi connectivity index (χ1) is 2.27. The molecule has 0 nitrogen and oxygen atoms in total. The molecule has 0 aliphatic rings. The van der Waals surface area contributed by atoms with Crippen molar-refractivity contribution < 1.29 is 0 Å². The van der Waals surface area contributed by atoms with Crippen LogP contribution in [0.15, 0.2) is 0 Å². The Labute approximate surface area is 66.4 Å². The van der Waals surface area contributed by atoms with E-state index in [1.165, 1.54) is 0 Å². The zero-order valence-corrected chi connectivity index (χ0v) is 8.61. The summed E-state index contributed by atoms with van der Waals surface area (Å²) in [4.78, 5) is 0. The molecule has 0 spiro atoms. The van der Waals surface area contributed by atoms with Gasteiger partial charge in [0.2, 0.25) is 0 Å². The molecule has 1 radical (unpaired) electrons. The Balaban J connectivity index is 3.62. The molecule has 0 rings (SSSR count). The maximum absolute atomic E-state index is 2.69. The van der Waals surface area contributed by atoms with Crippen LogP contribution in [0.25, 0.3) is 0 Å². The van der Waals surface area contributed by atoms with Crippen LogP contribution < -0.4 is 0 Å². The van der Waals surface area contributed by atoms with E-state index in [1.807, 2.05) is 0 Å². The van der Waals surface area contributed by atoms with Crippen LogP contribution in [0.5, 0.6) is 0 Å². The molecule has 0 atom stereocenters. The quantitative estimate of drug-likeness (QED) is 0.355. The van der Waals surface area contributed by atoms with E-state index in [1.54, 1.807) is 0 Å². The molecule has 0 aromatic rings. The number of halogens is 2. The fraction of sp³-hybridized carbons (Fsp3) is 0. The molecule has 5 heavy (non-hydrogen) atoms. The summed E-state index contributed by atoms with van der Waals surface area (Å²) < 4.78 is 2.11. The molecule has 0 fully saturated rings. The van der Waals surface area contributed by atoms with E-state index >= 15 is 0 Å². The van der Waals surface area contributed by atoms with Crippen LogP contribution in [0, 0.1) is 0 Å². The normalized spacial score (nSPS) is 13.8. The molecule has 0 aromatic carbocycles. The molecule has 0 saturated heterocycles. The zero-order chi connectivity index (χ0) is 4.28. The average Bonchev–Trinajstić information content (AvgIpc) is 1.38. The van der Waals surface area contributed by atoms with Gasteiger partial charge in [0.05, 0.1) is 0 Å². The van der Waals surface area contributed by atoms with Gasteiger partial charge in [-0.1, -0.05) is 0 Å². The summed E-state index contributed by atoms with van der Waals surface area (Å²) in [5.41, 5.74) is 0. The Morgan fingerprint density at radius 2 is 2.20 bits per heavy atom. The van der Waals surface area contributed by atoms with Crippen molar-refractivity contribution in [3.05, 3.63) is 0 Å². The number of hydrogen-bond acceptors (Lipinski definition) is 1. The fourth-order valence-electron chi connectivity index (χ4n) is 0. The van der Waals surface area contributed by atoms with E-state index in [-0.39, 0.29) is 0 Å². The van der Waals surface area contributed by atoms with E-state index < -0.39 is 0 Å². The average molecular weight is 322 g/mol. The van der Waals surface area contributed by atoms with Gasteiger partial charge in [-0.15, -0.1) is 0 Å². The van der Waals surface area contributed by atoms with Crippen molar-refractivity contribution in [3.63, 3.8) is 0 Å². The van der Waals surface area contributed by atoms with Gasteiger partial charge >= 0.3 is 67.6 Å². The van der Waals surface area contributed by atoms with Crippen molar-refractivity contribution in [2.75, 3.05) is 0 Å². The summed E-state index contributed by atoms with van der Waals surface area (Å²) in [6.07, 6.45) is 0. The Kier molecular flexibility index (Phi) is 6.76. The Hall–Kier alpha value is 2.41. The second-order valence-corrected chi connectivity index (χ2v) is 10.2. The van der Waals surface area contributed by atoms with Crippen LogP contribution in [-0.2, 0) is 5.36 Å². The van der Waals surface area contributed by atoms with Gasteiger partial charge in [-0.2, -0.15) is 0 Å². The van der Waals surface area contributed by atoms with Crippen molar-refractivity contribution >= 4 is 67.6 Å². The zero-order valence-electron chi connectivity index (χ0n) is 2.32. The summed E-state index contributed by atoms with van der Waals surface area (Å²) in [6.45, 7) is 0. The van der Waals surface area contributed by atoms with Crippen LogP contribution in [0.3, 0.4) is 0 Å². The minimum atomic E-state index is 0.426. The van der Waals surface area contributed by atoms with E-state index in [0.717, 1.165) is 0 Å². The Morgan fingerprint density at radius 1 is 2.00 bits per heavy atom. The minimum absolute atomic E-state index is 0.426. The van der Waals surface area contributed by atoms with E-state index in [4.69, 9.17) is 0 Å². The van der Waals surface area contributed by atoms with Crippen molar-refractivity contribution in [2.24, 2.45) is 0 Å². The van der Waals surface area contributed by atoms with Crippen molar-refractivity contribution in [1.82, 2.24) is 0 Å². The van der Waals surface area contributed by atoms with Crippen molar-refractivity contribution in [3.8, 4) is 0 Å². The molecule has 0 bridgehead atoms. The van der Waals surface area contributed by atoms with E-state index in [9.17, 15) is 0 Å². The van der Waals surface area contributed by atoms with Crippen molar-refractivity contribution in [2.45, 2.75) is 0 Å². The molecule has 0 aliphatic carbocycles. The van der Waals surface area contributed by atoms with E-state index in [2.05, 4.69) is 62.2 Å². The molecular weight excluding hydrogens is 322 g/mol. The molecule has 0 amide bonds. The number of hydrogen-bond donors (Lipinski definition) is 0. The van der Waals surface area contributed by atoms with Gasteiger partial charge in [0, 0.05) is 0 Å². The Bertz CT molecular complexity index is 81.6. The first-order valence-electron chi connectivity index (χ1n) is 0.844. The third-order valence-electron chi connectivity index (χ3n) is 0.0851. The van der Waals surface area contributed by atoms with Crippen LogP contribution in [0.4, 0.5) is 0 Å². The van der Waals surface area contributed by atoms with Gasteiger partial charge in [-0.05, 0) is 0 Å². The summed E-state index contributed by atoms with van der Waals surface area (Å²) in [5, 5.41) is 0.426. The summed E-state index contributed by atoms with van der Waals surface area (Å²) in [7, 11) is 0. The molecule has 0 aromatic heterocycles. The monoisotopic (exact) mass is 322 g/mol. The summed E-state index contributed by atoms with van der Waals surface area (Å²) >= 11 is 7.26. The summed E-state index contributed by atoms with van der Waals surface area (Å²) in [6, 6.07) is 0. The topological polar surface area (TPSA) is 0 Å². The predicted molar refractivity (Wildman–Crippen MR) is 46.9 cm³/mol. The Morgan fingerprint density at radius 3 is 2.20 bits per heavy atom. The molecule has 0 N–H and O–H groups in total. The number of rotatable bonds is 0. The second kappa shape index (κ2) is 4.56. The van der Waals surface area contributed by atoms with Gasteiger partial charge in [-0.3, -0.25) is 0 Å². The van der Waals surface area contributed by atoms with Crippen LogP contribution in [-0.4, -0.2) is 18.7 Å². The second-order valence-electron chi connectivity index (χ2n) is 0.403. The third kappa shape index (κ3) is 6.41. The SMILES string of the molecule is [Al]=[S-]([125I])=BI. The van der Waals surface area contributed by atoms with E-state index in [0.29, 0.717) is 5.36 Å². The first kappa shape index (κ1) is 7.41. The first-order valence-corrected chi connectivity index (χ1v) is 7.40. The van der Waals surface area contributed by atoms with Gasteiger partial charge < -0.3 is 0 Å². The van der Waals surface area contributed by atoms with Crippen LogP contribution in [0.2, 0.25) is 0 Å². The molecular formula is AlBI2S-. The molecule has 0 unspecified atom stereocenters. The third-order valence-corrected chi connectivity index (χ3v) is 7.65. The maximum atomic E-state index is 2.69. The van der Waals surface area contributed by atoms with Crippen LogP contribution in [0.1, 0.15) is 0 Å². The van der Waals surface area contributed by atoms with Crippen LogP contribution >= 0.6 is 43.6 Å². The molecule has 0 aliphatic heterocycles. The molecule has 5 heteroatoms.